The number of primary amides is 1. The molecule has 0 fully saturated rings. The molecule has 0 atom stereocenters. The topological polar surface area (TPSA) is 108 Å². The summed E-state index contributed by atoms with van der Waals surface area (Å²) in [7, 11) is -3.78. The molecule has 0 spiro atoms. The number of carbonyl (C=O) groups is 1. The van der Waals surface area contributed by atoms with Crippen LogP contribution >= 0.6 is 0 Å². The third-order valence-electron chi connectivity index (χ3n) is 3.24. The maximum Gasteiger partial charge on any atom is 0.261 e. The van der Waals surface area contributed by atoms with Crippen molar-refractivity contribution in [1.29, 1.82) is 0 Å². The van der Waals surface area contributed by atoms with Crippen molar-refractivity contribution in [3.63, 3.8) is 0 Å². The van der Waals surface area contributed by atoms with Crippen molar-refractivity contribution in [2.24, 2.45) is 5.73 Å². The number of amides is 1. The molecule has 0 aliphatic carbocycles. The van der Waals surface area contributed by atoms with Gasteiger partial charge in [-0.25, -0.2) is 8.42 Å². The van der Waals surface area contributed by atoms with Crippen LogP contribution in [0.5, 0.6) is 11.5 Å². The van der Waals surface area contributed by atoms with Crippen LogP contribution in [0.2, 0.25) is 0 Å². The largest absolute Gasteiger partial charge is 0.486 e. The minimum atomic E-state index is -3.78. The zero-order valence-corrected chi connectivity index (χ0v) is 12.8. The Morgan fingerprint density at radius 2 is 1.65 bits per heavy atom. The summed E-state index contributed by atoms with van der Waals surface area (Å²) in [6, 6.07) is 10.2. The summed E-state index contributed by atoms with van der Waals surface area (Å²) >= 11 is 0. The van der Waals surface area contributed by atoms with Gasteiger partial charge in [0, 0.05) is 11.6 Å². The van der Waals surface area contributed by atoms with Crippen LogP contribution in [-0.4, -0.2) is 27.5 Å². The first-order valence-electron chi connectivity index (χ1n) is 6.78. The number of fused-ring (bicyclic) bond motifs is 1. The number of benzene rings is 2. The maximum absolute atomic E-state index is 12.4. The SMILES string of the molecule is NC(=O)c1ccc(S(=O)(=O)Nc2ccc3c(c2)OCCO3)cc1. The molecule has 1 aliphatic rings. The van der Waals surface area contributed by atoms with Gasteiger partial charge in [0.15, 0.2) is 11.5 Å². The highest BCUT2D eigenvalue weighted by atomic mass is 32.2. The van der Waals surface area contributed by atoms with Crippen LogP contribution in [0.3, 0.4) is 0 Å². The Morgan fingerprint density at radius 3 is 2.30 bits per heavy atom. The highest BCUT2D eigenvalue weighted by Gasteiger charge is 2.17. The zero-order valence-electron chi connectivity index (χ0n) is 12.0. The predicted octanol–water partition coefficient (Wildman–Crippen LogP) is 1.36. The third kappa shape index (κ3) is 3.21. The van der Waals surface area contributed by atoms with E-state index in [0.29, 0.717) is 30.4 Å². The molecule has 0 radical (unpaired) electrons. The Hall–Kier alpha value is -2.74. The monoisotopic (exact) mass is 334 g/mol. The summed E-state index contributed by atoms with van der Waals surface area (Å²) in [5, 5.41) is 0. The van der Waals surface area contributed by atoms with E-state index in [4.69, 9.17) is 15.2 Å². The molecule has 7 nitrogen and oxygen atoms in total. The van der Waals surface area contributed by atoms with Crippen LogP contribution in [0.4, 0.5) is 5.69 Å². The Labute approximate surface area is 133 Å². The Kier molecular flexibility index (Phi) is 3.83. The lowest BCUT2D eigenvalue weighted by Gasteiger charge is -2.19. The standard InChI is InChI=1S/C15H14N2O5S/c16-15(18)10-1-4-12(5-2-10)23(19,20)17-11-3-6-13-14(9-11)22-8-7-21-13/h1-6,9,17H,7-8H2,(H2,16,18). The summed E-state index contributed by atoms with van der Waals surface area (Å²) < 4.78 is 38.0. The zero-order chi connectivity index (χ0) is 16.4. The molecular formula is C15H14N2O5S. The van der Waals surface area contributed by atoms with Crippen LogP contribution < -0.4 is 19.9 Å². The first-order valence-corrected chi connectivity index (χ1v) is 8.26. The number of ether oxygens (including phenoxy) is 2. The fourth-order valence-electron chi connectivity index (χ4n) is 2.12. The fraction of sp³-hybridized carbons (Fsp3) is 0.133. The van der Waals surface area contributed by atoms with Crippen molar-refractivity contribution in [1.82, 2.24) is 0 Å². The Bertz CT molecular complexity index is 847. The first-order chi connectivity index (χ1) is 11.0. The molecule has 2 aromatic rings. The minimum absolute atomic E-state index is 0.0254. The molecule has 3 N–H and O–H groups in total. The molecule has 8 heteroatoms. The van der Waals surface area contributed by atoms with Gasteiger partial charge in [0.05, 0.1) is 10.6 Å². The van der Waals surface area contributed by atoms with Gasteiger partial charge in [-0.15, -0.1) is 0 Å². The van der Waals surface area contributed by atoms with Crippen molar-refractivity contribution in [2.75, 3.05) is 17.9 Å². The third-order valence-corrected chi connectivity index (χ3v) is 4.64. The van der Waals surface area contributed by atoms with E-state index >= 15 is 0 Å². The van der Waals surface area contributed by atoms with E-state index < -0.39 is 15.9 Å². The van der Waals surface area contributed by atoms with Crippen molar-refractivity contribution >= 4 is 21.6 Å². The van der Waals surface area contributed by atoms with Crippen LogP contribution in [0, 0.1) is 0 Å². The van der Waals surface area contributed by atoms with Crippen LogP contribution in [0.15, 0.2) is 47.4 Å². The number of rotatable bonds is 4. The normalized spacial score (nSPS) is 13.4. The van der Waals surface area contributed by atoms with Gasteiger partial charge >= 0.3 is 0 Å². The second-order valence-corrected chi connectivity index (χ2v) is 6.53. The highest BCUT2D eigenvalue weighted by molar-refractivity contribution is 7.92. The fourth-order valence-corrected chi connectivity index (χ4v) is 3.17. The number of nitrogens with two attached hydrogens (primary N) is 1. The van der Waals surface area contributed by atoms with Gasteiger partial charge in [0.1, 0.15) is 13.2 Å². The molecule has 0 saturated heterocycles. The molecule has 0 aromatic heterocycles. The molecule has 0 bridgehead atoms. The minimum Gasteiger partial charge on any atom is -0.486 e. The summed E-state index contributed by atoms with van der Waals surface area (Å²) in [5.74, 6) is 0.444. The molecule has 1 amide bonds. The molecule has 0 unspecified atom stereocenters. The number of sulfonamides is 1. The first kappa shape index (κ1) is 15.2. The van der Waals surface area contributed by atoms with Gasteiger partial charge in [-0.1, -0.05) is 0 Å². The van der Waals surface area contributed by atoms with Crippen molar-refractivity contribution < 1.29 is 22.7 Å². The average molecular weight is 334 g/mol. The van der Waals surface area contributed by atoms with E-state index in [-0.39, 0.29) is 10.5 Å². The van der Waals surface area contributed by atoms with Crippen molar-refractivity contribution in [3.05, 3.63) is 48.0 Å². The van der Waals surface area contributed by atoms with Gasteiger partial charge in [0.25, 0.3) is 10.0 Å². The number of anilines is 1. The number of hydrogen-bond donors (Lipinski definition) is 2. The van der Waals surface area contributed by atoms with Crippen LogP contribution in [0.25, 0.3) is 0 Å². The Balaban J connectivity index is 1.84. The number of carbonyl (C=O) groups excluding carboxylic acids is 1. The van der Waals surface area contributed by atoms with Crippen molar-refractivity contribution in [2.45, 2.75) is 4.90 Å². The van der Waals surface area contributed by atoms with E-state index in [0.717, 1.165) is 0 Å². The van der Waals surface area contributed by atoms with E-state index in [1.165, 1.54) is 24.3 Å². The molecule has 3 rings (SSSR count). The molecular weight excluding hydrogens is 320 g/mol. The smallest absolute Gasteiger partial charge is 0.261 e. The summed E-state index contributed by atoms with van der Waals surface area (Å²) in [6.45, 7) is 0.877. The van der Waals surface area contributed by atoms with Crippen LogP contribution in [0.1, 0.15) is 10.4 Å². The summed E-state index contributed by atoms with van der Waals surface area (Å²) in [6.07, 6.45) is 0. The number of hydrogen-bond acceptors (Lipinski definition) is 5. The molecule has 1 heterocycles. The molecule has 23 heavy (non-hydrogen) atoms. The second-order valence-electron chi connectivity index (χ2n) is 4.85. The lowest BCUT2D eigenvalue weighted by Crippen LogP contribution is -2.17. The van der Waals surface area contributed by atoms with Gasteiger partial charge in [-0.3, -0.25) is 9.52 Å². The Morgan fingerprint density at radius 1 is 1.00 bits per heavy atom. The van der Waals surface area contributed by atoms with E-state index in [1.807, 2.05) is 0 Å². The quantitative estimate of drug-likeness (QED) is 0.877. The van der Waals surface area contributed by atoms with E-state index in [1.54, 1.807) is 18.2 Å². The average Bonchev–Trinajstić information content (AvgIpc) is 2.54. The summed E-state index contributed by atoms with van der Waals surface area (Å²) in [4.78, 5) is 11.0. The van der Waals surface area contributed by atoms with E-state index in [9.17, 15) is 13.2 Å². The molecule has 0 saturated carbocycles. The molecule has 120 valence electrons. The van der Waals surface area contributed by atoms with Gasteiger partial charge in [0.2, 0.25) is 5.91 Å². The molecule has 1 aliphatic heterocycles. The van der Waals surface area contributed by atoms with E-state index in [2.05, 4.69) is 4.72 Å². The predicted molar refractivity (Wildman–Crippen MR) is 83.2 cm³/mol. The van der Waals surface area contributed by atoms with Crippen molar-refractivity contribution in [3.8, 4) is 11.5 Å². The summed E-state index contributed by atoms with van der Waals surface area (Å²) in [5.41, 5.74) is 5.73. The maximum atomic E-state index is 12.4. The van der Waals surface area contributed by atoms with Gasteiger partial charge in [-0.2, -0.15) is 0 Å². The van der Waals surface area contributed by atoms with Crippen LogP contribution in [-0.2, 0) is 10.0 Å². The second kappa shape index (κ2) is 5.81. The lowest BCUT2D eigenvalue weighted by molar-refractivity contribution is 0.1000. The van der Waals surface area contributed by atoms with Gasteiger partial charge in [-0.05, 0) is 36.4 Å². The highest BCUT2D eigenvalue weighted by Crippen LogP contribution is 2.33. The number of nitrogens with one attached hydrogen (secondary N) is 1. The lowest BCUT2D eigenvalue weighted by atomic mass is 10.2. The molecule has 2 aromatic carbocycles. The van der Waals surface area contributed by atoms with Gasteiger partial charge < -0.3 is 15.2 Å².